The third kappa shape index (κ3) is 2.98. The molecule has 2 aromatic rings. The van der Waals surface area contributed by atoms with E-state index in [0.717, 1.165) is 6.42 Å². The third-order valence-corrected chi connectivity index (χ3v) is 4.19. The third-order valence-electron chi connectivity index (χ3n) is 3.96. The molecule has 1 N–H and O–H groups in total. The molecule has 1 amide bonds. The van der Waals surface area contributed by atoms with E-state index < -0.39 is 6.10 Å². The number of carbonyl (C=O) groups excluding carboxylic acids is 1. The van der Waals surface area contributed by atoms with Crippen LogP contribution in [0.2, 0.25) is 5.02 Å². The van der Waals surface area contributed by atoms with Gasteiger partial charge in [-0.25, -0.2) is 0 Å². The minimum Gasteiger partial charge on any atom is -0.391 e. The standard InChI is InChI=1S/C15H17ClN4O2/c1-10-5-6-19(9-14(10)21)15(22)13-8-17-20(18-13)12-4-2-3-11(16)7-12/h2-4,7-8,10,14,21H,5-6,9H2,1H3. The van der Waals surface area contributed by atoms with Gasteiger partial charge in [0.15, 0.2) is 5.69 Å². The minimum atomic E-state index is -0.485. The molecule has 1 aliphatic heterocycles. The van der Waals surface area contributed by atoms with E-state index in [1.165, 1.54) is 11.0 Å². The van der Waals surface area contributed by atoms with Crippen molar-refractivity contribution in [2.75, 3.05) is 13.1 Å². The number of carbonyl (C=O) groups is 1. The van der Waals surface area contributed by atoms with Gasteiger partial charge in [-0.2, -0.15) is 9.90 Å². The molecular weight excluding hydrogens is 304 g/mol. The van der Waals surface area contributed by atoms with Crippen molar-refractivity contribution in [3.63, 3.8) is 0 Å². The van der Waals surface area contributed by atoms with Gasteiger partial charge in [-0.15, -0.1) is 5.10 Å². The molecule has 0 radical (unpaired) electrons. The Morgan fingerprint density at radius 3 is 3.00 bits per heavy atom. The average Bonchev–Trinajstić information content (AvgIpc) is 2.99. The molecule has 1 fully saturated rings. The van der Waals surface area contributed by atoms with Crippen molar-refractivity contribution in [1.82, 2.24) is 19.9 Å². The number of likely N-dealkylation sites (tertiary alicyclic amines) is 1. The number of rotatable bonds is 2. The van der Waals surface area contributed by atoms with Crippen LogP contribution in [-0.2, 0) is 0 Å². The number of benzene rings is 1. The van der Waals surface area contributed by atoms with Crippen molar-refractivity contribution in [3.05, 3.63) is 41.2 Å². The van der Waals surface area contributed by atoms with E-state index in [9.17, 15) is 9.90 Å². The molecular formula is C15H17ClN4O2. The molecule has 1 aromatic heterocycles. The van der Waals surface area contributed by atoms with Crippen LogP contribution in [-0.4, -0.2) is 50.1 Å². The number of halogens is 1. The zero-order valence-corrected chi connectivity index (χ0v) is 12.9. The highest BCUT2D eigenvalue weighted by atomic mass is 35.5. The molecule has 2 unspecified atom stereocenters. The Morgan fingerprint density at radius 2 is 2.27 bits per heavy atom. The van der Waals surface area contributed by atoms with Crippen molar-refractivity contribution in [2.24, 2.45) is 5.92 Å². The van der Waals surface area contributed by atoms with Crippen LogP contribution in [0.1, 0.15) is 23.8 Å². The van der Waals surface area contributed by atoms with E-state index in [1.807, 2.05) is 13.0 Å². The summed E-state index contributed by atoms with van der Waals surface area (Å²) in [5.74, 6) is 0.00502. The van der Waals surface area contributed by atoms with Gasteiger partial charge in [0.1, 0.15) is 0 Å². The van der Waals surface area contributed by atoms with Crippen molar-refractivity contribution in [2.45, 2.75) is 19.4 Å². The van der Waals surface area contributed by atoms with Crippen molar-refractivity contribution < 1.29 is 9.90 Å². The molecule has 22 heavy (non-hydrogen) atoms. The fraction of sp³-hybridized carbons (Fsp3) is 0.400. The lowest BCUT2D eigenvalue weighted by Gasteiger charge is -2.33. The van der Waals surface area contributed by atoms with Crippen LogP contribution in [0.5, 0.6) is 0 Å². The van der Waals surface area contributed by atoms with Crippen LogP contribution < -0.4 is 0 Å². The highest BCUT2D eigenvalue weighted by Gasteiger charge is 2.29. The molecule has 3 rings (SSSR count). The monoisotopic (exact) mass is 320 g/mol. The lowest BCUT2D eigenvalue weighted by atomic mass is 9.96. The number of hydrogen-bond donors (Lipinski definition) is 1. The molecule has 2 heterocycles. The van der Waals surface area contributed by atoms with Crippen LogP contribution >= 0.6 is 11.6 Å². The van der Waals surface area contributed by atoms with Crippen LogP contribution in [0.4, 0.5) is 0 Å². The van der Waals surface area contributed by atoms with Gasteiger partial charge in [0, 0.05) is 18.1 Å². The van der Waals surface area contributed by atoms with Gasteiger partial charge in [-0.3, -0.25) is 4.79 Å². The van der Waals surface area contributed by atoms with Gasteiger partial charge in [0.2, 0.25) is 0 Å². The average molecular weight is 321 g/mol. The highest BCUT2D eigenvalue weighted by molar-refractivity contribution is 6.30. The van der Waals surface area contributed by atoms with Gasteiger partial charge in [0.25, 0.3) is 5.91 Å². The summed E-state index contributed by atoms with van der Waals surface area (Å²) in [5, 5.41) is 18.8. The number of nitrogens with zero attached hydrogens (tertiary/aromatic N) is 4. The summed E-state index contributed by atoms with van der Waals surface area (Å²) in [5.41, 5.74) is 0.959. The second-order valence-electron chi connectivity index (χ2n) is 5.58. The molecule has 0 saturated carbocycles. The van der Waals surface area contributed by atoms with Gasteiger partial charge < -0.3 is 10.0 Å². The van der Waals surface area contributed by atoms with E-state index >= 15 is 0 Å². The maximum atomic E-state index is 12.4. The van der Waals surface area contributed by atoms with Crippen molar-refractivity contribution in [3.8, 4) is 5.69 Å². The number of aliphatic hydroxyl groups excluding tert-OH is 1. The quantitative estimate of drug-likeness (QED) is 0.915. The van der Waals surface area contributed by atoms with Gasteiger partial charge >= 0.3 is 0 Å². The normalized spacial score (nSPS) is 21.9. The van der Waals surface area contributed by atoms with E-state index in [0.29, 0.717) is 23.8 Å². The van der Waals surface area contributed by atoms with E-state index in [4.69, 9.17) is 11.6 Å². The number of amides is 1. The molecule has 1 aliphatic rings. The Kier molecular flexibility index (Phi) is 4.13. The molecule has 6 nitrogen and oxygen atoms in total. The zero-order chi connectivity index (χ0) is 15.7. The first-order chi connectivity index (χ1) is 10.5. The zero-order valence-electron chi connectivity index (χ0n) is 12.2. The Balaban J connectivity index is 1.77. The Labute approximate surface area is 133 Å². The maximum absolute atomic E-state index is 12.4. The molecule has 0 spiro atoms. The van der Waals surface area contributed by atoms with Crippen LogP contribution in [0.15, 0.2) is 30.5 Å². The SMILES string of the molecule is CC1CCN(C(=O)c2cnn(-c3cccc(Cl)c3)n2)CC1O. The van der Waals surface area contributed by atoms with E-state index in [1.54, 1.807) is 23.1 Å². The molecule has 0 bridgehead atoms. The Bertz CT molecular complexity index is 688. The number of aliphatic hydroxyl groups is 1. The molecule has 0 aliphatic carbocycles. The summed E-state index contributed by atoms with van der Waals surface area (Å²) in [6.07, 6.45) is 1.74. The first-order valence-corrected chi connectivity index (χ1v) is 7.58. The smallest absolute Gasteiger partial charge is 0.276 e. The summed E-state index contributed by atoms with van der Waals surface area (Å²) in [4.78, 5) is 15.4. The van der Waals surface area contributed by atoms with Gasteiger partial charge in [-0.05, 0) is 30.5 Å². The number of hydrogen-bond acceptors (Lipinski definition) is 4. The van der Waals surface area contributed by atoms with Crippen molar-refractivity contribution >= 4 is 17.5 Å². The Hall–Kier alpha value is -1.92. The highest BCUT2D eigenvalue weighted by Crippen LogP contribution is 2.19. The number of aromatic nitrogens is 3. The first kappa shape index (κ1) is 15.0. The second-order valence-corrected chi connectivity index (χ2v) is 6.02. The molecule has 1 aromatic carbocycles. The number of β-amino-alcohol motifs (C(OH)–C–C–N with tert-alkyl or cyclic N) is 1. The summed E-state index contributed by atoms with van der Waals surface area (Å²) in [7, 11) is 0. The predicted octanol–water partition coefficient (Wildman–Crippen LogP) is 1.76. The molecule has 2 atom stereocenters. The molecule has 1 saturated heterocycles. The van der Waals surface area contributed by atoms with Crippen molar-refractivity contribution in [1.29, 1.82) is 0 Å². The summed E-state index contributed by atoms with van der Waals surface area (Å²) in [6.45, 7) is 2.95. The van der Waals surface area contributed by atoms with Crippen LogP contribution in [0.3, 0.4) is 0 Å². The first-order valence-electron chi connectivity index (χ1n) is 7.20. The fourth-order valence-electron chi connectivity index (χ4n) is 2.48. The Morgan fingerprint density at radius 1 is 1.45 bits per heavy atom. The summed E-state index contributed by atoms with van der Waals surface area (Å²) >= 11 is 5.94. The lowest BCUT2D eigenvalue weighted by molar-refractivity contribution is 0.0245. The van der Waals surface area contributed by atoms with Gasteiger partial charge in [-0.1, -0.05) is 24.6 Å². The molecule has 116 valence electrons. The van der Waals surface area contributed by atoms with E-state index in [-0.39, 0.29) is 17.5 Å². The summed E-state index contributed by atoms with van der Waals surface area (Å²) in [6, 6.07) is 7.09. The van der Waals surface area contributed by atoms with Gasteiger partial charge in [0.05, 0.1) is 18.0 Å². The minimum absolute atomic E-state index is 0.209. The largest absolute Gasteiger partial charge is 0.391 e. The lowest BCUT2D eigenvalue weighted by Crippen LogP contribution is -2.45. The van der Waals surface area contributed by atoms with Crippen LogP contribution in [0.25, 0.3) is 5.69 Å². The number of piperidine rings is 1. The topological polar surface area (TPSA) is 71.2 Å². The second kappa shape index (κ2) is 6.06. The molecule has 7 heteroatoms. The maximum Gasteiger partial charge on any atom is 0.276 e. The predicted molar refractivity (Wildman–Crippen MR) is 82.1 cm³/mol. The van der Waals surface area contributed by atoms with E-state index in [2.05, 4.69) is 10.2 Å². The fourth-order valence-corrected chi connectivity index (χ4v) is 2.67. The van der Waals surface area contributed by atoms with Crippen LogP contribution in [0, 0.1) is 5.92 Å². The summed E-state index contributed by atoms with van der Waals surface area (Å²) < 4.78 is 0.